The molecular weight excluding hydrogens is 1080 g/mol. The molecule has 0 radical (unpaired) electrons. The lowest BCUT2D eigenvalue weighted by Crippen LogP contribution is -2.11. The fourth-order valence-corrected chi connectivity index (χ4v) is 13.6. The average Bonchev–Trinajstić information content (AvgIpc) is 3.44. The molecule has 0 aromatic heterocycles. The molecule has 0 N–H and O–H groups in total. The summed E-state index contributed by atoms with van der Waals surface area (Å²) in [7, 11) is 0. The first-order valence-electron chi connectivity index (χ1n) is 31.7. The van der Waals surface area contributed by atoms with Gasteiger partial charge in [0.15, 0.2) is 0 Å². The first-order chi connectivity index (χ1) is 44.7. The molecule has 0 spiro atoms. The maximum atomic E-state index is 3.46. The topological polar surface area (TPSA) is 0 Å². The highest BCUT2D eigenvalue weighted by Crippen LogP contribution is 2.40. The van der Waals surface area contributed by atoms with Crippen molar-refractivity contribution < 1.29 is 0 Å². The third-order valence-corrected chi connectivity index (χ3v) is 17.6. The third kappa shape index (κ3) is 13.4. The Bertz CT molecular complexity index is 3580. The van der Waals surface area contributed by atoms with E-state index in [4.69, 9.17) is 0 Å². The molecule has 0 saturated heterocycles. The van der Waals surface area contributed by atoms with Gasteiger partial charge in [0.1, 0.15) is 0 Å². The predicted octanol–water partition coefficient (Wildman–Crippen LogP) is 14.2. The SMILES string of the molecule is c1c#cc(=C2C3=CC=CC=C2CCC3)c#cc#cc(=C2C3=CC=CC=C2CCC3)c#cc#cc(=C2C3=CC=CC=C2CCC3)c#cc#cc(=C2C3=CC=CC=C2CCC3)c#cc#cc(=C2C3=CC=CC=C2CCC3)c#cc#cc(=C2C3=CC=CC=C2CCC3)c#1. The molecule has 0 amide bonds. The second-order valence-electron chi connectivity index (χ2n) is 23.2. The first-order valence-corrected chi connectivity index (χ1v) is 31.7. The van der Waals surface area contributed by atoms with Gasteiger partial charge in [-0.3, -0.25) is 0 Å². The minimum atomic E-state index is 0.690. The van der Waals surface area contributed by atoms with Crippen molar-refractivity contribution in [2.45, 2.75) is 116 Å². The Morgan fingerprint density at radius 3 is 0.344 bits per heavy atom. The Kier molecular flexibility index (Phi) is 18.1. The van der Waals surface area contributed by atoms with E-state index < -0.39 is 0 Å². The van der Waals surface area contributed by atoms with Crippen molar-refractivity contribution in [3.63, 3.8) is 0 Å². The smallest absolute Gasteiger partial charge is 0.0620 e. The minimum Gasteiger partial charge on any atom is -0.0620 e. The molecule has 0 heteroatoms. The molecule has 90 heavy (non-hydrogen) atoms. The molecule has 12 bridgehead atoms. The maximum Gasteiger partial charge on any atom is 0.0842 e. The van der Waals surface area contributed by atoms with Crippen LogP contribution in [0.2, 0.25) is 0 Å². The van der Waals surface area contributed by atoms with Gasteiger partial charge in [-0.1, -0.05) is 146 Å². The van der Waals surface area contributed by atoms with Crippen molar-refractivity contribution in [3.8, 4) is 0 Å². The lowest BCUT2D eigenvalue weighted by atomic mass is 9.84. The van der Waals surface area contributed by atoms with Gasteiger partial charge in [-0.25, -0.2) is 0 Å². The van der Waals surface area contributed by atoms with Crippen molar-refractivity contribution >= 4 is 33.4 Å². The molecule has 1 aromatic rings. The largest absolute Gasteiger partial charge is 0.0842 e. The average molecular weight is 1140 g/mol. The lowest BCUT2D eigenvalue weighted by Gasteiger charge is -2.19. The van der Waals surface area contributed by atoms with Gasteiger partial charge in [0.05, 0.1) is 31.3 Å². The summed E-state index contributed by atoms with van der Waals surface area (Å²) in [5.41, 5.74) is 20.9. The molecule has 6 saturated carbocycles. The Morgan fingerprint density at radius 2 is 0.244 bits per heavy atom. The molecule has 0 nitrogen and oxygen atoms in total. The second-order valence-corrected chi connectivity index (χ2v) is 23.2. The Balaban J connectivity index is 1.10. The van der Waals surface area contributed by atoms with Crippen molar-refractivity contribution in [2.75, 3.05) is 0 Å². The molecule has 13 rings (SSSR count). The normalized spacial score (nSPS) is 18.5. The van der Waals surface area contributed by atoms with Crippen molar-refractivity contribution in [1.82, 2.24) is 0 Å². The summed E-state index contributed by atoms with van der Waals surface area (Å²) >= 11 is 0. The van der Waals surface area contributed by atoms with Crippen molar-refractivity contribution in [2.24, 2.45) is 0 Å². The second kappa shape index (κ2) is 28.3. The van der Waals surface area contributed by atoms with Crippen LogP contribution in [-0.4, -0.2) is 0 Å². The highest BCUT2D eigenvalue weighted by molar-refractivity contribution is 5.84. The summed E-state index contributed by atoms with van der Waals surface area (Å²) < 4.78 is 0. The predicted molar refractivity (Wildman–Crippen MR) is 357 cm³/mol. The van der Waals surface area contributed by atoms with Gasteiger partial charge < -0.3 is 0 Å². The monoisotopic (exact) mass is 1140 g/mol. The summed E-state index contributed by atoms with van der Waals surface area (Å²) in [6.45, 7) is 0. The summed E-state index contributed by atoms with van der Waals surface area (Å²) in [5, 5.41) is 4.14. The van der Waals surface area contributed by atoms with Gasteiger partial charge in [-0.2, -0.15) is 0 Å². The Labute approximate surface area is 535 Å². The van der Waals surface area contributed by atoms with Crippen LogP contribution in [0, 0.1) is 146 Å². The molecule has 6 fully saturated rings. The van der Waals surface area contributed by atoms with Crippen LogP contribution in [-0.2, 0) is 0 Å². The molecule has 0 aliphatic heterocycles. The van der Waals surface area contributed by atoms with Crippen molar-refractivity contribution in [1.29, 1.82) is 0 Å². The zero-order chi connectivity index (χ0) is 60.5. The van der Waals surface area contributed by atoms with Gasteiger partial charge in [0, 0.05) is 33.4 Å². The van der Waals surface area contributed by atoms with Gasteiger partial charge in [0.25, 0.3) is 0 Å². The van der Waals surface area contributed by atoms with Gasteiger partial charge >= 0.3 is 0 Å². The number of hydrogen-bond acceptors (Lipinski definition) is 0. The molecular formula is C90H60. The van der Waals surface area contributed by atoms with Crippen LogP contribution >= 0.6 is 0 Å². The van der Waals surface area contributed by atoms with Crippen molar-refractivity contribution in [3.05, 3.63) is 390 Å². The third-order valence-electron chi connectivity index (χ3n) is 17.6. The van der Waals surface area contributed by atoms with Crippen LogP contribution < -0.4 is 31.3 Å². The van der Waals surface area contributed by atoms with E-state index >= 15 is 0 Å². The Morgan fingerprint density at radius 1 is 0.144 bits per heavy atom. The van der Waals surface area contributed by atoms with Crippen LogP contribution in [0.25, 0.3) is 33.4 Å². The molecule has 0 heterocycles. The number of hydrogen-bond donors (Lipinski definition) is 0. The first kappa shape index (κ1) is 57.5. The van der Waals surface area contributed by atoms with Crippen LogP contribution in [0.5, 0.6) is 0 Å². The van der Waals surface area contributed by atoms with E-state index in [1.807, 2.05) is 0 Å². The number of allylic oxidation sites excluding steroid dienone is 36. The van der Waals surface area contributed by atoms with Crippen LogP contribution in [0.4, 0.5) is 0 Å². The van der Waals surface area contributed by atoms with E-state index in [1.165, 1.54) is 66.9 Å². The van der Waals surface area contributed by atoms with E-state index in [9.17, 15) is 0 Å². The summed E-state index contributed by atoms with van der Waals surface area (Å²) in [6.07, 6.45) is 69.1. The fraction of sp³-hybridized carbons (Fsp3) is 0.200. The quantitative estimate of drug-likeness (QED) is 0.243. The fourth-order valence-electron chi connectivity index (χ4n) is 13.6. The minimum absolute atomic E-state index is 0.690. The van der Waals surface area contributed by atoms with Gasteiger partial charge in [0.2, 0.25) is 0 Å². The van der Waals surface area contributed by atoms with Gasteiger partial charge in [-0.15, -0.1) is 0 Å². The van der Waals surface area contributed by atoms with Crippen LogP contribution in [0.15, 0.2) is 213 Å². The zero-order valence-corrected chi connectivity index (χ0v) is 50.6. The Hall–Kier alpha value is -11.5. The molecule has 12 aliphatic carbocycles. The van der Waals surface area contributed by atoms with Crippen LogP contribution in [0.3, 0.4) is 0 Å². The molecule has 1 aromatic carbocycles. The highest BCUT2D eigenvalue weighted by Gasteiger charge is 2.23. The van der Waals surface area contributed by atoms with E-state index in [2.05, 4.69) is 291 Å². The lowest BCUT2D eigenvalue weighted by molar-refractivity contribution is 0.800. The standard InChI is InChI=1S/C90H60/c1-2-32-68(86-75-45-15-16-46-76(86)58-26-57-75)34-5-6-36-70(88-79-49-19-20-50-80(88)62-28-61-79)38-9-10-40-72(90-83-53-23-24-54-84(90)66-30-65-83)42-12-11-41-71(89-81-51-21-22-52-82(89)64-29-63-81)39-8-7-37-69(87-77-47-17-18-48-78(87)60-27-59-77)35-4-3-33-67(31-1)85-73-43-13-14-44-74(85)56-25-55-73/h13-24,43-54H,25-30,55-66H2. The molecule has 0 unspecified atom stereocenters. The van der Waals surface area contributed by atoms with E-state index in [0.717, 1.165) is 149 Å². The molecule has 420 valence electrons. The molecule has 0 atom stereocenters. The van der Waals surface area contributed by atoms with Crippen LogP contribution in [0.1, 0.15) is 116 Å². The number of fused-ring (bicyclic) bond motifs is 12. The van der Waals surface area contributed by atoms with E-state index in [0.29, 0.717) is 31.3 Å². The molecule has 12 aliphatic rings. The van der Waals surface area contributed by atoms with E-state index in [1.54, 1.807) is 0 Å². The summed E-state index contributed by atoms with van der Waals surface area (Å²) in [6, 6.07) is 80.8. The van der Waals surface area contributed by atoms with Gasteiger partial charge in [-0.05, 0) is 328 Å². The zero-order valence-electron chi connectivity index (χ0n) is 50.6. The highest BCUT2D eigenvalue weighted by atomic mass is 14.3. The summed E-state index contributed by atoms with van der Waals surface area (Å²) in [5.74, 6) is 0. The summed E-state index contributed by atoms with van der Waals surface area (Å²) in [4.78, 5) is 0. The maximum absolute atomic E-state index is 3.46. The van der Waals surface area contributed by atoms with E-state index in [-0.39, 0.29) is 0 Å². The number of rotatable bonds is 0.